The lowest BCUT2D eigenvalue weighted by molar-refractivity contribution is -0.198. The third kappa shape index (κ3) is 8.00. The van der Waals surface area contributed by atoms with E-state index in [9.17, 15) is 33.9 Å². The van der Waals surface area contributed by atoms with Gasteiger partial charge in [-0.3, -0.25) is 24.0 Å². The van der Waals surface area contributed by atoms with Crippen molar-refractivity contribution in [2.45, 2.75) is 25.7 Å². The fourth-order valence-corrected chi connectivity index (χ4v) is 5.43. The van der Waals surface area contributed by atoms with Crippen molar-refractivity contribution in [2.75, 3.05) is 25.6 Å². The second-order valence-electron chi connectivity index (χ2n) is 11.6. The van der Waals surface area contributed by atoms with E-state index >= 15 is 0 Å². The summed E-state index contributed by atoms with van der Waals surface area (Å²) in [6, 6.07) is 22.5. The maximum Gasteiger partial charge on any atom is 0.335 e. The molecule has 4 amide bonds. The van der Waals surface area contributed by atoms with Gasteiger partial charge in [-0.15, -0.1) is 10.2 Å². The van der Waals surface area contributed by atoms with E-state index in [0.29, 0.717) is 55.4 Å². The summed E-state index contributed by atoms with van der Waals surface area (Å²) in [5.41, 5.74) is 3.11. The average molecular weight is 706 g/mol. The van der Waals surface area contributed by atoms with Gasteiger partial charge in [0, 0.05) is 59.8 Å². The SMILES string of the molecule is CN(N=Nc1ccc(NC(=O)CCOCCC(=O)ON2C(=O)CCC2=O)cc1)C(=O)c1ccccc1-c1c2ccc(=O)cc-2oc2cc(O)ccc12. The van der Waals surface area contributed by atoms with Crippen LogP contribution in [0.4, 0.5) is 11.4 Å². The molecular formula is C37H31N5O10. The Labute approximate surface area is 295 Å². The lowest BCUT2D eigenvalue weighted by Crippen LogP contribution is -2.32. The van der Waals surface area contributed by atoms with Gasteiger partial charge in [0.15, 0.2) is 5.43 Å². The van der Waals surface area contributed by atoms with Crippen LogP contribution in [0.1, 0.15) is 36.0 Å². The molecule has 3 aromatic rings. The van der Waals surface area contributed by atoms with E-state index in [2.05, 4.69) is 15.7 Å². The first-order valence-corrected chi connectivity index (χ1v) is 16.1. The van der Waals surface area contributed by atoms with E-state index < -0.39 is 23.7 Å². The van der Waals surface area contributed by atoms with Crippen molar-refractivity contribution in [3.05, 3.63) is 101 Å². The minimum atomic E-state index is -0.791. The molecule has 0 aromatic heterocycles. The zero-order valence-electron chi connectivity index (χ0n) is 27.7. The number of fused-ring (bicyclic) bond motifs is 2. The largest absolute Gasteiger partial charge is 0.508 e. The van der Waals surface area contributed by atoms with Gasteiger partial charge in [-0.05, 0) is 60.2 Å². The summed E-state index contributed by atoms with van der Waals surface area (Å²) in [5, 5.41) is 23.3. The molecule has 1 saturated heterocycles. The zero-order valence-corrected chi connectivity index (χ0v) is 27.7. The number of hydrogen-bond donors (Lipinski definition) is 2. The average Bonchev–Trinajstić information content (AvgIpc) is 3.45. The Morgan fingerprint density at radius 1 is 0.885 bits per heavy atom. The molecule has 2 N–H and O–H groups in total. The Morgan fingerprint density at radius 3 is 2.38 bits per heavy atom. The number of anilines is 1. The number of benzene rings is 4. The lowest BCUT2D eigenvalue weighted by atomic mass is 9.90. The third-order valence-electron chi connectivity index (χ3n) is 7.97. The summed E-state index contributed by atoms with van der Waals surface area (Å²) >= 11 is 0. The summed E-state index contributed by atoms with van der Waals surface area (Å²) in [7, 11) is 1.47. The molecule has 2 heterocycles. The topological polar surface area (TPSA) is 197 Å². The summed E-state index contributed by atoms with van der Waals surface area (Å²) in [6.07, 6.45) is -0.191. The summed E-state index contributed by atoms with van der Waals surface area (Å²) in [5.74, 6) is -2.44. The van der Waals surface area contributed by atoms with Gasteiger partial charge >= 0.3 is 5.97 Å². The van der Waals surface area contributed by atoms with E-state index in [1.54, 1.807) is 60.7 Å². The Morgan fingerprint density at radius 2 is 1.62 bits per heavy atom. The normalized spacial score (nSPS) is 12.9. The molecular weight excluding hydrogens is 674 g/mol. The number of imide groups is 1. The van der Waals surface area contributed by atoms with Crippen LogP contribution in [0.3, 0.4) is 0 Å². The molecule has 3 aliphatic rings. The zero-order chi connectivity index (χ0) is 36.8. The minimum Gasteiger partial charge on any atom is -0.508 e. The van der Waals surface area contributed by atoms with Crippen molar-refractivity contribution in [1.82, 2.24) is 10.1 Å². The molecule has 1 aliphatic carbocycles. The molecule has 15 heteroatoms. The van der Waals surface area contributed by atoms with Crippen LogP contribution in [0.5, 0.6) is 5.75 Å². The molecule has 264 valence electrons. The van der Waals surface area contributed by atoms with Crippen molar-refractivity contribution in [2.24, 2.45) is 10.3 Å². The number of rotatable bonds is 12. The fraction of sp³-hybridized carbons (Fsp3) is 0.189. The Hall–Kier alpha value is -6.74. The van der Waals surface area contributed by atoms with Gasteiger partial charge < -0.3 is 24.4 Å². The summed E-state index contributed by atoms with van der Waals surface area (Å²) in [4.78, 5) is 77.8. The highest BCUT2D eigenvalue weighted by Crippen LogP contribution is 2.42. The maximum atomic E-state index is 13.7. The van der Waals surface area contributed by atoms with Crippen LogP contribution in [0, 0.1) is 0 Å². The highest BCUT2D eigenvalue weighted by molar-refractivity contribution is 6.09. The number of hydrogen-bond acceptors (Lipinski definition) is 12. The lowest BCUT2D eigenvalue weighted by Gasteiger charge is -2.18. The number of aromatic hydroxyl groups is 1. The number of amides is 4. The molecule has 0 atom stereocenters. The second kappa shape index (κ2) is 15.4. The second-order valence-corrected chi connectivity index (χ2v) is 11.6. The molecule has 6 rings (SSSR count). The Kier molecular flexibility index (Phi) is 10.4. The number of phenolic OH excluding ortho intramolecular Hbond substituents is 1. The molecule has 15 nitrogen and oxygen atoms in total. The van der Waals surface area contributed by atoms with Crippen LogP contribution in [0.2, 0.25) is 0 Å². The molecule has 52 heavy (non-hydrogen) atoms. The first-order chi connectivity index (χ1) is 25.1. The summed E-state index contributed by atoms with van der Waals surface area (Å²) in [6.45, 7) is -0.0389. The van der Waals surface area contributed by atoms with Crippen LogP contribution in [-0.4, -0.2) is 65.0 Å². The van der Waals surface area contributed by atoms with E-state index in [1.165, 1.54) is 31.3 Å². The van der Waals surface area contributed by atoms with Gasteiger partial charge in [0.2, 0.25) is 5.91 Å². The van der Waals surface area contributed by atoms with Crippen LogP contribution >= 0.6 is 0 Å². The molecule has 0 radical (unpaired) electrons. The number of nitrogens with one attached hydrogen (secondary N) is 1. The van der Waals surface area contributed by atoms with Gasteiger partial charge in [-0.25, -0.2) is 9.80 Å². The molecule has 3 aromatic carbocycles. The van der Waals surface area contributed by atoms with Crippen molar-refractivity contribution in [3.63, 3.8) is 0 Å². The summed E-state index contributed by atoms with van der Waals surface area (Å²) < 4.78 is 11.2. The van der Waals surface area contributed by atoms with Gasteiger partial charge in [-0.2, -0.15) is 0 Å². The number of ether oxygens (including phenoxy) is 1. The predicted octanol–water partition coefficient (Wildman–Crippen LogP) is 5.38. The highest BCUT2D eigenvalue weighted by atomic mass is 16.7. The number of carbonyl (C=O) groups is 5. The number of nitrogens with zero attached hydrogens (tertiary/aromatic N) is 4. The minimum absolute atomic E-state index is 0.000523. The fourth-order valence-electron chi connectivity index (χ4n) is 5.43. The van der Waals surface area contributed by atoms with Crippen molar-refractivity contribution < 1.29 is 43.1 Å². The maximum absolute atomic E-state index is 13.7. The van der Waals surface area contributed by atoms with E-state index in [0.717, 1.165) is 5.01 Å². The van der Waals surface area contributed by atoms with Crippen LogP contribution < -0.4 is 10.7 Å². The predicted molar refractivity (Wildman–Crippen MR) is 185 cm³/mol. The first-order valence-electron chi connectivity index (χ1n) is 16.1. The number of phenols is 1. The van der Waals surface area contributed by atoms with Crippen LogP contribution in [0.25, 0.3) is 33.4 Å². The van der Waals surface area contributed by atoms with Gasteiger partial charge in [-0.1, -0.05) is 23.4 Å². The van der Waals surface area contributed by atoms with Gasteiger partial charge in [0.05, 0.1) is 31.7 Å². The first kappa shape index (κ1) is 35.1. The Balaban J connectivity index is 1.05. The quantitative estimate of drug-likeness (QED) is 0.0559. The van der Waals surface area contributed by atoms with E-state index in [4.69, 9.17) is 14.0 Å². The molecule has 0 spiro atoms. The molecule has 1 fully saturated rings. The van der Waals surface area contributed by atoms with Gasteiger partial charge in [0.25, 0.3) is 17.7 Å². The smallest absolute Gasteiger partial charge is 0.335 e. The molecule has 2 aliphatic heterocycles. The van der Waals surface area contributed by atoms with E-state index in [1.807, 2.05) is 0 Å². The molecule has 0 saturated carbocycles. The van der Waals surface area contributed by atoms with Gasteiger partial charge in [0.1, 0.15) is 17.1 Å². The standard InChI is InChI=1S/C37H31N5O10/c1-41(37(49)27-5-3-2-4-26(27)36-28-12-10-24(43)20-30(28)51-31-21-25(44)11-13-29(31)36)40-39-23-8-6-22(7-9-23)38-32(45)16-18-50-19-17-35(48)52-42-33(46)14-15-34(42)47/h2-13,20-21,43H,14-19H2,1H3,(H,38,45). The van der Waals surface area contributed by atoms with Crippen LogP contribution in [0.15, 0.2) is 104 Å². The molecule has 0 bridgehead atoms. The van der Waals surface area contributed by atoms with Crippen molar-refractivity contribution >= 4 is 51.9 Å². The molecule has 0 unspecified atom stereocenters. The number of carbonyl (C=O) groups excluding carboxylic acids is 5. The van der Waals surface area contributed by atoms with Crippen molar-refractivity contribution in [3.8, 4) is 28.2 Å². The Bertz CT molecular complexity index is 2230. The van der Waals surface area contributed by atoms with E-state index in [-0.39, 0.29) is 56.0 Å². The third-order valence-corrected chi connectivity index (χ3v) is 7.97. The monoisotopic (exact) mass is 705 g/mol. The van der Waals surface area contributed by atoms with Crippen LogP contribution in [-0.2, 0) is 28.8 Å². The highest BCUT2D eigenvalue weighted by Gasteiger charge is 2.32. The van der Waals surface area contributed by atoms with Crippen molar-refractivity contribution in [1.29, 1.82) is 0 Å². The number of hydroxylamine groups is 2.